The molecule has 1 aromatic rings. The molecule has 0 atom stereocenters. The van der Waals surface area contributed by atoms with E-state index in [1.165, 1.54) is 25.7 Å². The molecular weight excluding hydrogens is 238 g/mol. The average Bonchev–Trinajstić information content (AvgIpc) is 2.82. The third-order valence-corrected chi connectivity index (χ3v) is 3.43. The molecule has 0 radical (unpaired) electrons. The quantitative estimate of drug-likeness (QED) is 0.659. The van der Waals surface area contributed by atoms with Crippen molar-refractivity contribution in [1.82, 2.24) is 9.55 Å². The van der Waals surface area contributed by atoms with E-state index < -0.39 is 0 Å². The SMILES string of the molecule is CCCCCC(C)(C)CNc1nccn1CCOC. The molecule has 1 heterocycles. The molecule has 0 unspecified atom stereocenters. The maximum Gasteiger partial charge on any atom is 0.202 e. The minimum absolute atomic E-state index is 0.313. The predicted octanol–water partition coefficient (Wildman–Crippen LogP) is 3.55. The summed E-state index contributed by atoms with van der Waals surface area (Å²) in [5.41, 5.74) is 0.313. The molecule has 0 fully saturated rings. The van der Waals surface area contributed by atoms with Crippen LogP contribution in [0.4, 0.5) is 5.95 Å². The predicted molar refractivity (Wildman–Crippen MR) is 80.5 cm³/mol. The van der Waals surface area contributed by atoms with Crippen molar-refractivity contribution >= 4 is 5.95 Å². The molecule has 1 N–H and O–H groups in total. The van der Waals surface area contributed by atoms with Gasteiger partial charge >= 0.3 is 0 Å². The van der Waals surface area contributed by atoms with Gasteiger partial charge < -0.3 is 14.6 Å². The molecule has 1 rings (SSSR count). The molecule has 0 spiro atoms. The smallest absolute Gasteiger partial charge is 0.202 e. The zero-order valence-corrected chi connectivity index (χ0v) is 12.9. The summed E-state index contributed by atoms with van der Waals surface area (Å²) in [6.07, 6.45) is 9.00. The highest BCUT2D eigenvalue weighted by molar-refractivity contribution is 5.26. The van der Waals surface area contributed by atoms with Crippen LogP contribution in [0.3, 0.4) is 0 Å². The molecule has 1 aromatic heterocycles. The Labute approximate surface area is 117 Å². The monoisotopic (exact) mass is 267 g/mol. The molecule has 0 aliphatic carbocycles. The van der Waals surface area contributed by atoms with Gasteiger partial charge in [0.25, 0.3) is 0 Å². The van der Waals surface area contributed by atoms with E-state index in [0.29, 0.717) is 12.0 Å². The second kappa shape index (κ2) is 8.20. The van der Waals surface area contributed by atoms with Crippen molar-refractivity contribution in [2.24, 2.45) is 5.41 Å². The summed E-state index contributed by atoms with van der Waals surface area (Å²) >= 11 is 0. The molecule has 0 amide bonds. The fourth-order valence-electron chi connectivity index (χ4n) is 2.11. The van der Waals surface area contributed by atoms with Crippen LogP contribution in [0, 0.1) is 5.41 Å². The van der Waals surface area contributed by atoms with E-state index in [4.69, 9.17) is 4.74 Å². The summed E-state index contributed by atoms with van der Waals surface area (Å²) in [4.78, 5) is 4.36. The lowest BCUT2D eigenvalue weighted by molar-refractivity contribution is 0.187. The summed E-state index contributed by atoms with van der Waals surface area (Å²) in [7, 11) is 1.72. The fourth-order valence-corrected chi connectivity index (χ4v) is 2.11. The van der Waals surface area contributed by atoms with Crippen LogP contribution >= 0.6 is 0 Å². The van der Waals surface area contributed by atoms with Crippen molar-refractivity contribution in [3.8, 4) is 0 Å². The zero-order valence-electron chi connectivity index (χ0n) is 12.9. The molecule has 0 saturated heterocycles. The number of nitrogens with one attached hydrogen (secondary N) is 1. The molecule has 19 heavy (non-hydrogen) atoms. The number of aromatic nitrogens is 2. The molecule has 0 aromatic carbocycles. The van der Waals surface area contributed by atoms with Gasteiger partial charge in [-0.3, -0.25) is 0 Å². The first kappa shape index (κ1) is 16.0. The van der Waals surface area contributed by atoms with Crippen LogP contribution < -0.4 is 5.32 Å². The third-order valence-electron chi connectivity index (χ3n) is 3.43. The topological polar surface area (TPSA) is 39.1 Å². The van der Waals surface area contributed by atoms with Crippen molar-refractivity contribution in [3.05, 3.63) is 12.4 Å². The number of methoxy groups -OCH3 is 1. The van der Waals surface area contributed by atoms with E-state index in [1.54, 1.807) is 7.11 Å². The van der Waals surface area contributed by atoms with E-state index >= 15 is 0 Å². The Balaban J connectivity index is 2.40. The lowest BCUT2D eigenvalue weighted by atomic mass is 9.87. The van der Waals surface area contributed by atoms with E-state index in [-0.39, 0.29) is 0 Å². The lowest BCUT2D eigenvalue weighted by Gasteiger charge is -2.25. The van der Waals surface area contributed by atoms with Crippen molar-refractivity contribution in [2.75, 3.05) is 25.6 Å². The Bertz CT molecular complexity index is 347. The van der Waals surface area contributed by atoms with Crippen LogP contribution in [0.25, 0.3) is 0 Å². The maximum atomic E-state index is 5.10. The normalized spacial score (nSPS) is 11.8. The van der Waals surface area contributed by atoms with Gasteiger partial charge in [-0.1, -0.05) is 40.0 Å². The van der Waals surface area contributed by atoms with Crippen LogP contribution in [0.1, 0.15) is 46.5 Å². The second-order valence-corrected chi connectivity index (χ2v) is 5.91. The standard InChI is InChI=1S/C15H29N3O/c1-5-6-7-8-15(2,3)13-17-14-16-9-10-18(14)11-12-19-4/h9-10H,5-8,11-13H2,1-4H3,(H,16,17). The molecule has 4 heteroatoms. The van der Waals surface area contributed by atoms with Crippen LogP contribution in [-0.4, -0.2) is 29.8 Å². The minimum atomic E-state index is 0.313. The summed E-state index contributed by atoms with van der Waals surface area (Å²) in [5, 5.41) is 3.47. The summed E-state index contributed by atoms with van der Waals surface area (Å²) < 4.78 is 7.21. The highest BCUT2D eigenvalue weighted by Crippen LogP contribution is 2.24. The zero-order chi connectivity index (χ0) is 14.1. The van der Waals surface area contributed by atoms with Gasteiger partial charge in [0.15, 0.2) is 0 Å². The Morgan fingerprint density at radius 1 is 1.37 bits per heavy atom. The Morgan fingerprint density at radius 3 is 2.84 bits per heavy atom. The average molecular weight is 267 g/mol. The molecule has 0 saturated carbocycles. The number of anilines is 1. The first-order chi connectivity index (χ1) is 9.09. The Morgan fingerprint density at radius 2 is 2.16 bits per heavy atom. The number of ether oxygens (including phenoxy) is 1. The van der Waals surface area contributed by atoms with Gasteiger partial charge in [0.1, 0.15) is 0 Å². The van der Waals surface area contributed by atoms with E-state index in [1.807, 2.05) is 12.4 Å². The Hall–Kier alpha value is -1.03. The highest BCUT2D eigenvalue weighted by atomic mass is 16.5. The third kappa shape index (κ3) is 6.10. The lowest BCUT2D eigenvalue weighted by Crippen LogP contribution is -2.24. The van der Waals surface area contributed by atoms with Gasteiger partial charge in [0, 0.05) is 32.6 Å². The Kier molecular flexibility index (Phi) is 6.92. The van der Waals surface area contributed by atoms with Crippen LogP contribution in [0.5, 0.6) is 0 Å². The first-order valence-electron chi connectivity index (χ1n) is 7.33. The molecule has 4 nitrogen and oxygen atoms in total. The summed E-state index contributed by atoms with van der Waals surface area (Å²) in [5.74, 6) is 0.945. The molecular formula is C15H29N3O. The van der Waals surface area contributed by atoms with E-state index in [2.05, 4.69) is 35.6 Å². The van der Waals surface area contributed by atoms with Crippen LogP contribution in [0.2, 0.25) is 0 Å². The van der Waals surface area contributed by atoms with Gasteiger partial charge in [-0.15, -0.1) is 0 Å². The van der Waals surface area contributed by atoms with Gasteiger partial charge in [-0.25, -0.2) is 4.98 Å². The molecule has 0 aliphatic heterocycles. The number of hydrogen-bond donors (Lipinski definition) is 1. The number of rotatable bonds is 10. The van der Waals surface area contributed by atoms with Crippen LogP contribution in [-0.2, 0) is 11.3 Å². The summed E-state index contributed by atoms with van der Waals surface area (Å²) in [6, 6.07) is 0. The van der Waals surface area contributed by atoms with Crippen LogP contribution in [0.15, 0.2) is 12.4 Å². The van der Waals surface area contributed by atoms with Gasteiger partial charge in [-0.05, 0) is 11.8 Å². The van der Waals surface area contributed by atoms with Gasteiger partial charge in [-0.2, -0.15) is 0 Å². The number of nitrogens with zero attached hydrogens (tertiary/aromatic N) is 2. The van der Waals surface area contributed by atoms with Crippen molar-refractivity contribution in [2.45, 2.75) is 53.0 Å². The minimum Gasteiger partial charge on any atom is -0.383 e. The molecule has 0 aliphatic rings. The van der Waals surface area contributed by atoms with Gasteiger partial charge in [0.2, 0.25) is 5.95 Å². The van der Waals surface area contributed by atoms with E-state index in [0.717, 1.165) is 19.0 Å². The first-order valence-corrected chi connectivity index (χ1v) is 7.33. The van der Waals surface area contributed by atoms with Crippen molar-refractivity contribution in [1.29, 1.82) is 0 Å². The maximum absolute atomic E-state index is 5.10. The largest absolute Gasteiger partial charge is 0.383 e. The van der Waals surface area contributed by atoms with Gasteiger partial charge in [0.05, 0.1) is 6.61 Å². The number of unbranched alkanes of at least 4 members (excludes halogenated alkanes) is 2. The van der Waals surface area contributed by atoms with Crippen molar-refractivity contribution < 1.29 is 4.74 Å². The van der Waals surface area contributed by atoms with E-state index in [9.17, 15) is 0 Å². The molecule has 0 bridgehead atoms. The fraction of sp³-hybridized carbons (Fsp3) is 0.800. The highest BCUT2D eigenvalue weighted by Gasteiger charge is 2.17. The second-order valence-electron chi connectivity index (χ2n) is 5.91. The summed E-state index contributed by atoms with van der Waals surface area (Å²) in [6.45, 7) is 9.40. The number of imidazole rings is 1. The van der Waals surface area contributed by atoms with Crippen molar-refractivity contribution in [3.63, 3.8) is 0 Å². The number of hydrogen-bond acceptors (Lipinski definition) is 3. The molecule has 110 valence electrons.